The Balaban J connectivity index is 1.90. The van der Waals surface area contributed by atoms with Crippen molar-refractivity contribution >= 4 is 5.91 Å². The molecule has 2 rings (SSSR count). The van der Waals surface area contributed by atoms with Gasteiger partial charge in [0.1, 0.15) is 0 Å². The Kier molecular flexibility index (Phi) is 4.73. The molecule has 0 heterocycles. The summed E-state index contributed by atoms with van der Waals surface area (Å²) in [6.07, 6.45) is 4.35. The van der Waals surface area contributed by atoms with E-state index >= 15 is 0 Å². The summed E-state index contributed by atoms with van der Waals surface area (Å²) in [6, 6.07) is 9.45. The third kappa shape index (κ3) is 3.31. The van der Waals surface area contributed by atoms with E-state index in [9.17, 15) is 4.79 Å². The molecule has 0 spiro atoms. The lowest BCUT2D eigenvalue weighted by molar-refractivity contribution is -0.133. The minimum Gasteiger partial charge on any atom is -0.364 e. The van der Waals surface area contributed by atoms with Crippen LogP contribution in [-0.4, -0.2) is 12.5 Å². The molecule has 1 atom stereocenters. The highest BCUT2D eigenvalue weighted by Crippen LogP contribution is 2.30. The normalized spacial score (nSPS) is 16.9. The maximum Gasteiger partial charge on any atom is 0.267 e. The average Bonchev–Trinajstić information content (AvgIpc) is 2.37. The predicted octanol–water partition coefficient (Wildman–Crippen LogP) is 1.92. The molecule has 18 heavy (non-hydrogen) atoms. The molecule has 4 heteroatoms. The highest BCUT2D eigenvalue weighted by Gasteiger charge is 2.22. The Labute approximate surface area is 107 Å². The molecule has 0 radical (unpaired) electrons. The fourth-order valence-electron chi connectivity index (χ4n) is 2.16. The number of hydrazine groups is 1. The van der Waals surface area contributed by atoms with Gasteiger partial charge in [-0.15, -0.1) is 0 Å². The number of hydrogen-bond donors (Lipinski definition) is 2. The van der Waals surface area contributed by atoms with Gasteiger partial charge < -0.3 is 4.74 Å². The highest BCUT2D eigenvalue weighted by atomic mass is 16.5. The van der Waals surface area contributed by atoms with Crippen LogP contribution in [0.3, 0.4) is 0 Å². The Bertz CT molecular complexity index is 377. The van der Waals surface area contributed by atoms with Crippen LogP contribution in [0.25, 0.3) is 0 Å². The van der Waals surface area contributed by atoms with Gasteiger partial charge in [-0.05, 0) is 17.9 Å². The minimum atomic E-state index is -0.601. The summed E-state index contributed by atoms with van der Waals surface area (Å²) < 4.78 is 5.70. The van der Waals surface area contributed by atoms with Gasteiger partial charge in [0.2, 0.25) is 0 Å². The summed E-state index contributed by atoms with van der Waals surface area (Å²) >= 11 is 0. The summed E-state index contributed by atoms with van der Waals surface area (Å²) in [5.74, 6) is 5.68. The van der Waals surface area contributed by atoms with Crippen LogP contribution in [0.4, 0.5) is 0 Å². The lowest BCUT2D eigenvalue weighted by atomic mass is 9.83. The standard InChI is InChI=1S/C14H20N2O2/c15-16-14(17)13(12-7-2-1-3-8-12)18-10-9-11-5-4-6-11/h1-3,7-8,11,13H,4-6,9-10,15H2,(H,16,17). The number of nitrogens with two attached hydrogens (primary N) is 1. The highest BCUT2D eigenvalue weighted by molar-refractivity contribution is 5.81. The average molecular weight is 248 g/mol. The van der Waals surface area contributed by atoms with Crippen LogP contribution < -0.4 is 11.3 Å². The second kappa shape index (κ2) is 6.52. The number of hydrogen-bond acceptors (Lipinski definition) is 3. The summed E-state index contributed by atoms with van der Waals surface area (Å²) in [5.41, 5.74) is 3.01. The van der Waals surface area contributed by atoms with E-state index in [1.54, 1.807) is 0 Å². The first-order valence-electron chi connectivity index (χ1n) is 6.48. The Hall–Kier alpha value is -1.39. The van der Waals surface area contributed by atoms with E-state index in [2.05, 4.69) is 5.43 Å². The Morgan fingerprint density at radius 1 is 1.39 bits per heavy atom. The first-order valence-corrected chi connectivity index (χ1v) is 6.48. The summed E-state index contributed by atoms with van der Waals surface area (Å²) in [5, 5.41) is 0. The molecule has 1 unspecified atom stereocenters. The van der Waals surface area contributed by atoms with E-state index < -0.39 is 6.10 Å². The van der Waals surface area contributed by atoms with Crippen molar-refractivity contribution in [3.8, 4) is 0 Å². The summed E-state index contributed by atoms with van der Waals surface area (Å²) in [6.45, 7) is 0.609. The van der Waals surface area contributed by atoms with Gasteiger partial charge in [-0.3, -0.25) is 10.2 Å². The monoisotopic (exact) mass is 248 g/mol. The molecule has 0 saturated heterocycles. The van der Waals surface area contributed by atoms with Crippen LogP contribution in [0.1, 0.15) is 37.4 Å². The number of carbonyl (C=O) groups excluding carboxylic acids is 1. The van der Waals surface area contributed by atoms with Crippen molar-refractivity contribution in [2.75, 3.05) is 6.61 Å². The smallest absolute Gasteiger partial charge is 0.267 e. The Morgan fingerprint density at radius 2 is 2.11 bits per heavy atom. The van der Waals surface area contributed by atoms with Gasteiger partial charge in [-0.25, -0.2) is 5.84 Å². The van der Waals surface area contributed by atoms with Gasteiger partial charge in [0.15, 0.2) is 6.10 Å². The molecule has 3 N–H and O–H groups in total. The first kappa shape index (κ1) is 13.1. The molecule has 1 fully saturated rings. The lowest BCUT2D eigenvalue weighted by Crippen LogP contribution is -2.36. The van der Waals surface area contributed by atoms with Gasteiger partial charge in [-0.1, -0.05) is 49.6 Å². The van der Waals surface area contributed by atoms with Crippen molar-refractivity contribution in [3.05, 3.63) is 35.9 Å². The van der Waals surface area contributed by atoms with E-state index in [4.69, 9.17) is 10.6 Å². The molecule has 1 amide bonds. The van der Waals surface area contributed by atoms with Gasteiger partial charge in [-0.2, -0.15) is 0 Å². The van der Waals surface area contributed by atoms with Crippen molar-refractivity contribution in [3.63, 3.8) is 0 Å². The number of nitrogens with one attached hydrogen (secondary N) is 1. The molecule has 98 valence electrons. The van der Waals surface area contributed by atoms with E-state index in [1.165, 1.54) is 19.3 Å². The predicted molar refractivity (Wildman–Crippen MR) is 69.4 cm³/mol. The topological polar surface area (TPSA) is 64.3 Å². The van der Waals surface area contributed by atoms with Crippen LogP contribution in [0.5, 0.6) is 0 Å². The van der Waals surface area contributed by atoms with E-state index in [-0.39, 0.29) is 5.91 Å². The summed E-state index contributed by atoms with van der Waals surface area (Å²) in [7, 11) is 0. The number of carbonyl (C=O) groups is 1. The van der Waals surface area contributed by atoms with Gasteiger partial charge in [0.05, 0.1) is 0 Å². The zero-order chi connectivity index (χ0) is 12.8. The quantitative estimate of drug-likeness (QED) is 0.459. The fraction of sp³-hybridized carbons (Fsp3) is 0.500. The molecule has 1 aliphatic rings. The molecular weight excluding hydrogens is 228 g/mol. The Morgan fingerprint density at radius 3 is 2.67 bits per heavy atom. The number of amides is 1. The number of rotatable bonds is 6. The lowest BCUT2D eigenvalue weighted by Gasteiger charge is -2.26. The molecule has 1 aliphatic carbocycles. The zero-order valence-electron chi connectivity index (χ0n) is 10.5. The third-order valence-electron chi connectivity index (χ3n) is 3.52. The van der Waals surface area contributed by atoms with Crippen LogP contribution >= 0.6 is 0 Å². The SMILES string of the molecule is NNC(=O)C(OCCC1CCC1)c1ccccc1. The van der Waals surface area contributed by atoms with Gasteiger partial charge in [0.25, 0.3) is 5.91 Å². The molecule has 1 aromatic rings. The first-order chi connectivity index (χ1) is 8.81. The van der Waals surface area contributed by atoms with Crippen molar-refractivity contribution in [1.82, 2.24) is 5.43 Å². The van der Waals surface area contributed by atoms with E-state index in [0.29, 0.717) is 6.61 Å². The van der Waals surface area contributed by atoms with Crippen molar-refractivity contribution in [1.29, 1.82) is 0 Å². The van der Waals surface area contributed by atoms with Crippen LogP contribution in [0.15, 0.2) is 30.3 Å². The van der Waals surface area contributed by atoms with Crippen molar-refractivity contribution in [2.24, 2.45) is 11.8 Å². The molecule has 0 bridgehead atoms. The van der Waals surface area contributed by atoms with Gasteiger partial charge >= 0.3 is 0 Å². The maximum atomic E-state index is 11.7. The van der Waals surface area contributed by atoms with Crippen LogP contribution in [0.2, 0.25) is 0 Å². The number of ether oxygens (including phenoxy) is 1. The molecule has 0 aliphatic heterocycles. The molecule has 1 aromatic carbocycles. The summed E-state index contributed by atoms with van der Waals surface area (Å²) in [4.78, 5) is 11.7. The van der Waals surface area contributed by atoms with Crippen LogP contribution in [0, 0.1) is 5.92 Å². The molecular formula is C14H20N2O2. The van der Waals surface area contributed by atoms with Crippen molar-refractivity contribution < 1.29 is 9.53 Å². The minimum absolute atomic E-state index is 0.296. The largest absolute Gasteiger partial charge is 0.364 e. The third-order valence-corrected chi connectivity index (χ3v) is 3.52. The molecule has 4 nitrogen and oxygen atoms in total. The van der Waals surface area contributed by atoms with Crippen LogP contribution in [-0.2, 0) is 9.53 Å². The second-order valence-corrected chi connectivity index (χ2v) is 4.76. The second-order valence-electron chi connectivity index (χ2n) is 4.76. The van der Waals surface area contributed by atoms with E-state index in [1.807, 2.05) is 30.3 Å². The molecule has 1 saturated carbocycles. The fourth-order valence-corrected chi connectivity index (χ4v) is 2.16. The zero-order valence-corrected chi connectivity index (χ0v) is 10.5. The molecule has 0 aromatic heterocycles. The maximum absolute atomic E-state index is 11.7. The van der Waals surface area contributed by atoms with E-state index in [0.717, 1.165) is 17.9 Å². The van der Waals surface area contributed by atoms with Gasteiger partial charge in [0, 0.05) is 6.61 Å². The number of benzene rings is 1. The van der Waals surface area contributed by atoms with Crippen molar-refractivity contribution in [2.45, 2.75) is 31.8 Å².